The summed E-state index contributed by atoms with van der Waals surface area (Å²) in [5.74, 6) is -1.41. The molecular weight excluding hydrogens is 370 g/mol. The van der Waals surface area contributed by atoms with E-state index in [-0.39, 0.29) is 34.5 Å². The fourth-order valence-electron chi connectivity index (χ4n) is 1.84. The second-order valence-electron chi connectivity index (χ2n) is 5.37. The van der Waals surface area contributed by atoms with E-state index in [0.29, 0.717) is 0 Å². The van der Waals surface area contributed by atoms with Crippen LogP contribution in [0.2, 0.25) is 5.02 Å². The van der Waals surface area contributed by atoms with Crippen LogP contribution in [0.15, 0.2) is 23.1 Å². The molecule has 0 unspecified atom stereocenters. The van der Waals surface area contributed by atoms with Crippen molar-refractivity contribution in [3.8, 4) is 6.07 Å². The van der Waals surface area contributed by atoms with Crippen LogP contribution >= 0.6 is 11.6 Å². The van der Waals surface area contributed by atoms with Crippen molar-refractivity contribution in [1.82, 2.24) is 10.0 Å². The topological polar surface area (TPSA) is 125 Å². The van der Waals surface area contributed by atoms with Crippen molar-refractivity contribution in [2.75, 3.05) is 13.2 Å². The first-order valence-electron chi connectivity index (χ1n) is 7.46. The average Bonchev–Trinajstić information content (AvgIpc) is 3.36. The molecule has 1 aliphatic rings. The number of nitriles is 1. The van der Waals surface area contributed by atoms with Gasteiger partial charge in [-0.25, -0.2) is 17.9 Å². The van der Waals surface area contributed by atoms with Crippen LogP contribution in [-0.2, 0) is 19.6 Å². The minimum Gasteiger partial charge on any atom is -0.452 e. The van der Waals surface area contributed by atoms with Crippen LogP contribution in [0, 0.1) is 11.3 Å². The molecule has 0 heterocycles. The molecule has 134 valence electrons. The van der Waals surface area contributed by atoms with Crippen LogP contribution in [0.4, 0.5) is 0 Å². The largest absolute Gasteiger partial charge is 0.452 e. The van der Waals surface area contributed by atoms with Crippen LogP contribution in [-0.4, -0.2) is 39.5 Å². The van der Waals surface area contributed by atoms with Crippen molar-refractivity contribution >= 4 is 33.5 Å². The lowest BCUT2D eigenvalue weighted by atomic mass is 10.2. The van der Waals surface area contributed by atoms with Crippen LogP contribution in [0.5, 0.6) is 0 Å². The summed E-state index contributed by atoms with van der Waals surface area (Å²) in [6.07, 6.45) is 1.67. The summed E-state index contributed by atoms with van der Waals surface area (Å²) in [5.41, 5.74) is -0.0367. The minimum absolute atomic E-state index is 0.0149. The van der Waals surface area contributed by atoms with E-state index in [1.54, 1.807) is 0 Å². The second-order valence-corrected chi connectivity index (χ2v) is 7.46. The van der Waals surface area contributed by atoms with E-state index in [1.165, 1.54) is 12.1 Å². The monoisotopic (exact) mass is 385 g/mol. The maximum Gasteiger partial charge on any atom is 0.338 e. The van der Waals surface area contributed by atoms with Gasteiger partial charge in [-0.3, -0.25) is 4.79 Å². The van der Waals surface area contributed by atoms with E-state index >= 15 is 0 Å². The number of benzene rings is 1. The summed E-state index contributed by atoms with van der Waals surface area (Å²) in [6.45, 7) is -0.377. The lowest BCUT2D eigenvalue weighted by molar-refractivity contribution is -0.124. The number of carbonyl (C=O) groups is 2. The van der Waals surface area contributed by atoms with E-state index in [1.807, 2.05) is 6.07 Å². The van der Waals surface area contributed by atoms with Gasteiger partial charge in [0.05, 0.1) is 23.1 Å². The molecule has 0 aliphatic heterocycles. The summed E-state index contributed by atoms with van der Waals surface area (Å²) in [6, 6.07) is 5.47. The Hall–Kier alpha value is -2.15. The Labute approximate surface area is 150 Å². The van der Waals surface area contributed by atoms with Gasteiger partial charge in [0.15, 0.2) is 6.61 Å². The first-order chi connectivity index (χ1) is 11.8. The summed E-state index contributed by atoms with van der Waals surface area (Å²) >= 11 is 5.93. The number of esters is 1. The number of amides is 1. The normalized spacial score (nSPS) is 13.8. The molecule has 1 aromatic carbocycles. The minimum atomic E-state index is -3.83. The van der Waals surface area contributed by atoms with Gasteiger partial charge in [-0.2, -0.15) is 5.26 Å². The SMILES string of the molecule is N#CCCNC(=O)COC(=O)c1ccc(Cl)c(S(=O)(=O)NC2CC2)c1. The zero-order valence-electron chi connectivity index (χ0n) is 13.1. The maximum absolute atomic E-state index is 12.3. The van der Waals surface area contributed by atoms with Crippen LogP contribution < -0.4 is 10.0 Å². The Morgan fingerprint density at radius 3 is 2.72 bits per heavy atom. The van der Waals surface area contributed by atoms with Crippen LogP contribution in [0.1, 0.15) is 29.6 Å². The Morgan fingerprint density at radius 2 is 2.08 bits per heavy atom. The van der Waals surface area contributed by atoms with Gasteiger partial charge in [0.1, 0.15) is 4.90 Å². The third kappa shape index (κ3) is 5.70. The number of rotatable bonds is 8. The van der Waals surface area contributed by atoms with Gasteiger partial charge in [0.25, 0.3) is 5.91 Å². The van der Waals surface area contributed by atoms with E-state index < -0.39 is 28.5 Å². The molecule has 8 nitrogen and oxygen atoms in total. The highest BCUT2D eigenvalue weighted by Crippen LogP contribution is 2.27. The summed E-state index contributed by atoms with van der Waals surface area (Å²) in [4.78, 5) is 23.2. The molecule has 0 saturated heterocycles. The summed E-state index contributed by atoms with van der Waals surface area (Å²) in [7, 11) is -3.83. The Morgan fingerprint density at radius 1 is 1.36 bits per heavy atom. The molecule has 10 heteroatoms. The molecule has 25 heavy (non-hydrogen) atoms. The highest BCUT2D eigenvalue weighted by molar-refractivity contribution is 7.89. The Kier molecular flexibility index (Phi) is 6.36. The number of nitrogens with zero attached hydrogens (tertiary/aromatic N) is 1. The van der Waals surface area contributed by atoms with E-state index in [9.17, 15) is 18.0 Å². The van der Waals surface area contributed by atoms with Gasteiger partial charge in [-0.05, 0) is 31.0 Å². The summed E-state index contributed by atoms with van der Waals surface area (Å²) < 4.78 is 31.8. The summed E-state index contributed by atoms with van der Waals surface area (Å²) in [5, 5.41) is 10.8. The van der Waals surface area contributed by atoms with Gasteiger partial charge < -0.3 is 10.1 Å². The van der Waals surface area contributed by atoms with Crippen molar-refractivity contribution < 1.29 is 22.7 Å². The zero-order chi connectivity index (χ0) is 18.4. The van der Waals surface area contributed by atoms with E-state index in [2.05, 4.69) is 10.0 Å². The molecule has 1 aromatic rings. The van der Waals surface area contributed by atoms with Gasteiger partial charge in [-0.1, -0.05) is 11.6 Å². The van der Waals surface area contributed by atoms with Crippen molar-refractivity contribution in [2.24, 2.45) is 0 Å². The van der Waals surface area contributed by atoms with Crippen LogP contribution in [0.3, 0.4) is 0 Å². The third-order valence-corrected chi connectivity index (χ3v) is 5.25. The third-order valence-electron chi connectivity index (χ3n) is 3.25. The van der Waals surface area contributed by atoms with Gasteiger partial charge in [0, 0.05) is 12.6 Å². The molecule has 2 N–H and O–H groups in total. The quantitative estimate of drug-likeness (QED) is 0.507. The van der Waals surface area contributed by atoms with Crippen molar-refractivity contribution in [2.45, 2.75) is 30.2 Å². The molecule has 0 atom stereocenters. The molecule has 1 amide bonds. The van der Waals surface area contributed by atoms with E-state index in [0.717, 1.165) is 18.9 Å². The number of halogens is 1. The number of hydrogen-bond donors (Lipinski definition) is 2. The zero-order valence-corrected chi connectivity index (χ0v) is 14.7. The maximum atomic E-state index is 12.3. The molecule has 0 aromatic heterocycles. The number of ether oxygens (including phenoxy) is 1. The lowest BCUT2D eigenvalue weighted by Gasteiger charge is -2.10. The fourth-order valence-corrected chi connectivity index (χ4v) is 3.67. The number of carbonyl (C=O) groups excluding carboxylic acids is 2. The lowest BCUT2D eigenvalue weighted by Crippen LogP contribution is -2.29. The highest BCUT2D eigenvalue weighted by atomic mass is 35.5. The molecule has 1 saturated carbocycles. The number of sulfonamides is 1. The molecular formula is C15H16ClN3O5S. The van der Waals surface area contributed by atoms with Crippen LogP contribution in [0.25, 0.3) is 0 Å². The fraction of sp³-hybridized carbons (Fsp3) is 0.400. The Bertz CT molecular complexity index is 815. The smallest absolute Gasteiger partial charge is 0.338 e. The van der Waals surface area contributed by atoms with Gasteiger partial charge >= 0.3 is 5.97 Å². The van der Waals surface area contributed by atoms with Gasteiger partial charge in [0.2, 0.25) is 10.0 Å². The standard InChI is InChI=1S/C15H16ClN3O5S/c16-12-5-2-10(8-13(12)25(22,23)19-11-3-4-11)15(21)24-9-14(20)18-7-1-6-17/h2,5,8,11,19H,1,3-4,7,9H2,(H,18,20). The molecule has 1 aliphatic carbocycles. The second kappa shape index (κ2) is 8.29. The molecule has 0 radical (unpaired) electrons. The molecule has 2 rings (SSSR count). The molecule has 0 bridgehead atoms. The first-order valence-corrected chi connectivity index (χ1v) is 9.32. The van der Waals surface area contributed by atoms with Crippen molar-refractivity contribution in [3.05, 3.63) is 28.8 Å². The number of nitrogens with one attached hydrogen (secondary N) is 2. The predicted molar refractivity (Wildman–Crippen MR) is 88.3 cm³/mol. The Balaban J connectivity index is 2.02. The molecule has 0 spiro atoms. The van der Waals surface area contributed by atoms with Crippen molar-refractivity contribution in [1.29, 1.82) is 5.26 Å². The highest BCUT2D eigenvalue weighted by Gasteiger charge is 2.29. The predicted octanol–water partition coefficient (Wildman–Crippen LogP) is 0.967. The van der Waals surface area contributed by atoms with E-state index in [4.69, 9.17) is 21.6 Å². The average molecular weight is 386 g/mol. The van der Waals surface area contributed by atoms with Crippen molar-refractivity contribution in [3.63, 3.8) is 0 Å². The van der Waals surface area contributed by atoms with Gasteiger partial charge in [-0.15, -0.1) is 0 Å². The first kappa shape index (κ1) is 19.2. The molecule has 1 fully saturated rings. The number of hydrogen-bond acceptors (Lipinski definition) is 6.